The summed E-state index contributed by atoms with van der Waals surface area (Å²) in [5, 5.41) is 5.88. The molecular formula is C25H27N3O2. The van der Waals surface area contributed by atoms with Gasteiger partial charge in [-0.2, -0.15) is 0 Å². The first-order valence-electron chi connectivity index (χ1n) is 9.99. The number of carbonyl (C=O) groups excluding carboxylic acids is 2. The van der Waals surface area contributed by atoms with Crippen LogP contribution in [0.25, 0.3) is 0 Å². The average Bonchev–Trinajstić information content (AvgIpc) is 2.75. The summed E-state index contributed by atoms with van der Waals surface area (Å²) in [7, 11) is 3.90. The highest BCUT2D eigenvalue weighted by atomic mass is 16.2. The van der Waals surface area contributed by atoms with Crippen LogP contribution in [0.4, 0.5) is 5.69 Å². The smallest absolute Gasteiger partial charge is 0.253 e. The highest BCUT2D eigenvalue weighted by molar-refractivity contribution is 6.05. The Morgan fingerprint density at radius 3 is 1.90 bits per heavy atom. The third kappa shape index (κ3) is 5.55. The van der Waals surface area contributed by atoms with Gasteiger partial charge in [-0.25, -0.2) is 0 Å². The predicted octanol–water partition coefficient (Wildman–Crippen LogP) is 3.75. The summed E-state index contributed by atoms with van der Waals surface area (Å²) in [5.41, 5.74) is 2.74. The lowest BCUT2D eigenvalue weighted by Crippen LogP contribution is -2.32. The van der Waals surface area contributed by atoms with Gasteiger partial charge in [0.25, 0.3) is 5.91 Å². The fourth-order valence-electron chi connectivity index (χ4n) is 3.27. The fourth-order valence-corrected chi connectivity index (χ4v) is 3.27. The molecule has 0 unspecified atom stereocenters. The Hall–Kier alpha value is -3.44. The molecule has 0 aromatic heterocycles. The van der Waals surface area contributed by atoms with Gasteiger partial charge in [-0.3, -0.25) is 9.59 Å². The van der Waals surface area contributed by atoms with E-state index >= 15 is 0 Å². The Kier molecular flexibility index (Phi) is 7.35. The SMILES string of the molecule is CN(C)CCNC(=O)c1ccccc1NC(=O)C(c1ccccc1)c1ccccc1. The van der Waals surface area contributed by atoms with Gasteiger partial charge in [0, 0.05) is 13.1 Å². The van der Waals surface area contributed by atoms with Crippen molar-refractivity contribution < 1.29 is 9.59 Å². The molecule has 5 nitrogen and oxygen atoms in total. The molecule has 0 radical (unpaired) electrons. The standard InChI is InChI=1S/C25H27N3O2/c1-28(2)18-17-26-24(29)21-15-9-10-16-22(21)27-25(30)23(19-11-5-3-6-12-19)20-13-7-4-8-14-20/h3-16,23H,17-18H2,1-2H3,(H,26,29)(H,27,30). The van der Waals surface area contributed by atoms with Crippen molar-refractivity contribution in [3.05, 3.63) is 102 Å². The number of rotatable bonds is 8. The van der Waals surface area contributed by atoms with Crippen LogP contribution in [0.3, 0.4) is 0 Å². The van der Waals surface area contributed by atoms with Crippen molar-refractivity contribution >= 4 is 17.5 Å². The Morgan fingerprint density at radius 1 is 0.800 bits per heavy atom. The van der Waals surface area contributed by atoms with Gasteiger partial charge in [-0.05, 0) is 37.4 Å². The highest BCUT2D eigenvalue weighted by Gasteiger charge is 2.24. The monoisotopic (exact) mass is 401 g/mol. The van der Waals surface area contributed by atoms with Gasteiger partial charge < -0.3 is 15.5 Å². The van der Waals surface area contributed by atoms with Crippen molar-refractivity contribution in [2.24, 2.45) is 0 Å². The number of hydrogen-bond donors (Lipinski definition) is 2. The molecule has 5 heteroatoms. The lowest BCUT2D eigenvalue weighted by molar-refractivity contribution is -0.116. The van der Waals surface area contributed by atoms with Crippen LogP contribution in [0.2, 0.25) is 0 Å². The fraction of sp³-hybridized carbons (Fsp3) is 0.200. The van der Waals surface area contributed by atoms with E-state index in [-0.39, 0.29) is 11.8 Å². The van der Waals surface area contributed by atoms with Gasteiger partial charge in [0.05, 0.1) is 17.2 Å². The van der Waals surface area contributed by atoms with Crippen molar-refractivity contribution in [1.29, 1.82) is 0 Å². The van der Waals surface area contributed by atoms with E-state index in [2.05, 4.69) is 10.6 Å². The third-order valence-corrected chi connectivity index (χ3v) is 4.80. The minimum absolute atomic E-state index is 0.180. The van der Waals surface area contributed by atoms with Gasteiger partial charge in [0.1, 0.15) is 0 Å². The molecule has 3 rings (SSSR count). The topological polar surface area (TPSA) is 61.4 Å². The normalized spacial score (nSPS) is 10.8. The molecule has 2 N–H and O–H groups in total. The summed E-state index contributed by atoms with van der Waals surface area (Å²) in [6.45, 7) is 1.27. The van der Waals surface area contributed by atoms with Crippen LogP contribution in [0, 0.1) is 0 Å². The van der Waals surface area contributed by atoms with Gasteiger partial charge >= 0.3 is 0 Å². The van der Waals surface area contributed by atoms with Crippen LogP contribution >= 0.6 is 0 Å². The predicted molar refractivity (Wildman–Crippen MR) is 121 cm³/mol. The first-order chi connectivity index (χ1) is 14.6. The average molecular weight is 402 g/mol. The van der Waals surface area contributed by atoms with Crippen molar-refractivity contribution in [2.45, 2.75) is 5.92 Å². The van der Waals surface area contributed by atoms with Gasteiger partial charge in [-0.1, -0.05) is 72.8 Å². The van der Waals surface area contributed by atoms with Crippen molar-refractivity contribution in [3.8, 4) is 0 Å². The quantitative estimate of drug-likeness (QED) is 0.604. The lowest BCUT2D eigenvalue weighted by atomic mass is 9.90. The second-order valence-corrected chi connectivity index (χ2v) is 7.35. The lowest BCUT2D eigenvalue weighted by Gasteiger charge is -2.19. The van der Waals surface area contributed by atoms with E-state index in [9.17, 15) is 9.59 Å². The molecule has 0 fully saturated rings. The Morgan fingerprint density at radius 2 is 1.33 bits per heavy atom. The highest BCUT2D eigenvalue weighted by Crippen LogP contribution is 2.27. The largest absolute Gasteiger partial charge is 0.351 e. The number of nitrogens with zero attached hydrogens (tertiary/aromatic N) is 1. The number of benzene rings is 3. The van der Waals surface area contributed by atoms with Crippen LogP contribution in [0.5, 0.6) is 0 Å². The third-order valence-electron chi connectivity index (χ3n) is 4.80. The number of likely N-dealkylation sites (N-methyl/N-ethyl adjacent to an activating group) is 1. The molecule has 154 valence electrons. The number of anilines is 1. The van der Waals surface area contributed by atoms with Crippen LogP contribution in [0.15, 0.2) is 84.9 Å². The first kappa shape index (κ1) is 21.3. The Labute approximate surface area is 177 Å². The van der Waals surface area contributed by atoms with Gasteiger partial charge in [0.2, 0.25) is 5.91 Å². The molecule has 0 aliphatic rings. The summed E-state index contributed by atoms with van der Waals surface area (Å²) in [6.07, 6.45) is 0. The molecule has 3 aromatic rings. The minimum atomic E-state index is -0.475. The molecule has 2 amide bonds. The molecule has 0 atom stereocenters. The summed E-state index contributed by atoms with van der Waals surface area (Å²) in [4.78, 5) is 28.0. The maximum Gasteiger partial charge on any atom is 0.253 e. The van der Waals surface area contributed by atoms with E-state index in [0.717, 1.165) is 17.7 Å². The van der Waals surface area contributed by atoms with Crippen LogP contribution < -0.4 is 10.6 Å². The van der Waals surface area contributed by atoms with Gasteiger partial charge in [0.15, 0.2) is 0 Å². The van der Waals surface area contributed by atoms with Crippen molar-refractivity contribution in [3.63, 3.8) is 0 Å². The molecule has 0 spiro atoms. The molecule has 0 aliphatic heterocycles. The van der Waals surface area contributed by atoms with Crippen LogP contribution in [-0.2, 0) is 4.79 Å². The van der Waals surface area contributed by atoms with Gasteiger partial charge in [-0.15, -0.1) is 0 Å². The summed E-state index contributed by atoms with van der Waals surface area (Å²) >= 11 is 0. The molecule has 30 heavy (non-hydrogen) atoms. The number of para-hydroxylation sites is 1. The minimum Gasteiger partial charge on any atom is -0.351 e. The zero-order chi connectivity index (χ0) is 21.3. The van der Waals surface area contributed by atoms with Crippen molar-refractivity contribution in [1.82, 2.24) is 10.2 Å². The summed E-state index contributed by atoms with van der Waals surface area (Å²) < 4.78 is 0. The Balaban J connectivity index is 1.84. The molecule has 0 heterocycles. The van der Waals surface area contributed by atoms with Crippen LogP contribution in [-0.4, -0.2) is 43.9 Å². The number of hydrogen-bond acceptors (Lipinski definition) is 3. The molecule has 0 saturated carbocycles. The first-order valence-corrected chi connectivity index (χ1v) is 9.99. The summed E-state index contributed by atoms with van der Waals surface area (Å²) in [6, 6.07) is 26.4. The van der Waals surface area contributed by atoms with E-state index < -0.39 is 5.92 Å². The zero-order valence-corrected chi connectivity index (χ0v) is 17.3. The molecule has 3 aromatic carbocycles. The second-order valence-electron chi connectivity index (χ2n) is 7.35. The molecule has 0 aliphatic carbocycles. The van der Waals surface area contributed by atoms with E-state index in [1.807, 2.05) is 85.7 Å². The zero-order valence-electron chi connectivity index (χ0n) is 17.3. The summed E-state index contributed by atoms with van der Waals surface area (Å²) in [5.74, 6) is -0.859. The van der Waals surface area contributed by atoms with Crippen molar-refractivity contribution in [2.75, 3.05) is 32.5 Å². The maximum absolute atomic E-state index is 13.3. The number of amides is 2. The van der Waals surface area contributed by atoms with E-state index in [1.165, 1.54) is 0 Å². The maximum atomic E-state index is 13.3. The second kappa shape index (κ2) is 10.4. The van der Waals surface area contributed by atoms with E-state index in [4.69, 9.17) is 0 Å². The van der Waals surface area contributed by atoms with E-state index in [1.54, 1.807) is 18.2 Å². The molecular weight excluding hydrogens is 374 g/mol. The number of carbonyl (C=O) groups is 2. The molecule has 0 saturated heterocycles. The van der Waals surface area contributed by atoms with E-state index in [0.29, 0.717) is 17.8 Å². The molecule has 0 bridgehead atoms. The number of nitrogens with one attached hydrogen (secondary N) is 2. The Bertz CT molecular complexity index is 932. The van der Waals surface area contributed by atoms with Crippen LogP contribution in [0.1, 0.15) is 27.4 Å².